The Hall–Kier alpha value is -3.88. The van der Waals surface area contributed by atoms with Crippen LogP contribution < -0.4 is 4.74 Å². The number of esters is 1. The second-order valence-electron chi connectivity index (χ2n) is 7.83. The molecule has 2 atom stereocenters. The fourth-order valence-electron chi connectivity index (χ4n) is 4.12. The van der Waals surface area contributed by atoms with Crippen LogP contribution in [0.1, 0.15) is 39.6 Å². The van der Waals surface area contributed by atoms with Gasteiger partial charge in [0.15, 0.2) is 11.2 Å². The first-order valence-electron chi connectivity index (χ1n) is 10.5. The Bertz CT molecular complexity index is 1200. The zero-order valence-corrected chi connectivity index (χ0v) is 18.1. The lowest BCUT2D eigenvalue weighted by Crippen LogP contribution is -2.49. The van der Waals surface area contributed by atoms with E-state index in [0.717, 1.165) is 16.7 Å². The minimum absolute atomic E-state index is 0.0920. The number of benzene rings is 3. The van der Waals surface area contributed by atoms with Crippen LogP contribution in [0.15, 0.2) is 90.7 Å². The normalized spacial score (nSPS) is 19.2. The molecule has 0 N–H and O–H groups in total. The van der Waals surface area contributed by atoms with E-state index in [1.807, 2.05) is 73.7 Å². The summed E-state index contributed by atoms with van der Waals surface area (Å²) in [7, 11) is 1.30. The molecule has 0 bridgehead atoms. The van der Waals surface area contributed by atoms with Gasteiger partial charge >= 0.3 is 5.97 Å². The number of hydrogen-bond donors (Lipinski definition) is 0. The standard InChI is InChI=1S/C28H24O4/c1-20-11-10-13-21(19-20)12-8-9-18-28(27(30)31-2)25(29)23-16-6-7-17-24(23)32-26(28)22-14-4-3-5-15-22/h3-7,9-17,19,26H,18H2,1-2H3. The Kier molecular flexibility index (Phi) is 6.07. The molecule has 1 heterocycles. The number of carbonyl (C=O) groups is 2. The van der Waals surface area contributed by atoms with E-state index in [1.54, 1.807) is 24.3 Å². The van der Waals surface area contributed by atoms with Gasteiger partial charge in [0.2, 0.25) is 0 Å². The molecule has 0 fully saturated rings. The minimum Gasteiger partial charge on any atom is -0.483 e. The molecule has 3 aromatic carbocycles. The van der Waals surface area contributed by atoms with Crippen molar-refractivity contribution in [3.8, 4) is 5.75 Å². The van der Waals surface area contributed by atoms with Crippen LogP contribution in [0, 0.1) is 12.3 Å². The van der Waals surface area contributed by atoms with Gasteiger partial charge in [0.05, 0.1) is 12.7 Å². The maximum absolute atomic E-state index is 13.8. The summed E-state index contributed by atoms with van der Waals surface area (Å²) in [5.41, 5.74) is 4.81. The molecule has 160 valence electrons. The summed E-state index contributed by atoms with van der Waals surface area (Å²) in [6.07, 6.45) is 2.81. The fourth-order valence-corrected chi connectivity index (χ4v) is 4.12. The van der Waals surface area contributed by atoms with Gasteiger partial charge in [-0.3, -0.25) is 9.59 Å². The summed E-state index contributed by atoms with van der Waals surface area (Å²) >= 11 is 0. The molecule has 1 aliphatic rings. The molecule has 4 heteroatoms. The summed E-state index contributed by atoms with van der Waals surface area (Å²) in [6.45, 7) is 2.02. The van der Waals surface area contributed by atoms with Crippen molar-refractivity contribution in [2.45, 2.75) is 19.4 Å². The number of methoxy groups -OCH3 is 1. The quantitative estimate of drug-likeness (QED) is 0.298. The second-order valence-corrected chi connectivity index (χ2v) is 7.83. The molecule has 4 nitrogen and oxygen atoms in total. The zero-order valence-electron chi connectivity index (χ0n) is 18.1. The highest BCUT2D eigenvalue weighted by Crippen LogP contribution is 2.49. The lowest BCUT2D eigenvalue weighted by atomic mass is 9.69. The molecule has 0 radical (unpaired) electrons. The highest BCUT2D eigenvalue weighted by atomic mass is 16.5. The molecule has 3 aromatic rings. The molecule has 0 amide bonds. The van der Waals surface area contributed by atoms with E-state index in [0.29, 0.717) is 11.3 Å². The van der Waals surface area contributed by atoms with Gasteiger partial charge < -0.3 is 9.47 Å². The first-order valence-corrected chi connectivity index (χ1v) is 10.5. The molecule has 4 rings (SSSR count). The van der Waals surface area contributed by atoms with Crippen molar-refractivity contribution in [2.24, 2.45) is 5.41 Å². The maximum atomic E-state index is 13.8. The van der Waals surface area contributed by atoms with E-state index in [9.17, 15) is 9.59 Å². The van der Waals surface area contributed by atoms with Gasteiger partial charge in [-0.1, -0.05) is 72.3 Å². The summed E-state index contributed by atoms with van der Waals surface area (Å²) in [5.74, 6) is -0.474. The molecule has 32 heavy (non-hydrogen) atoms. The smallest absolute Gasteiger partial charge is 0.324 e. The Labute approximate surface area is 187 Å². The Balaban J connectivity index is 1.81. The maximum Gasteiger partial charge on any atom is 0.324 e. The first kappa shape index (κ1) is 21.4. The van der Waals surface area contributed by atoms with Crippen molar-refractivity contribution in [1.29, 1.82) is 0 Å². The number of para-hydroxylation sites is 1. The zero-order chi connectivity index (χ0) is 22.6. The van der Waals surface area contributed by atoms with Gasteiger partial charge in [-0.25, -0.2) is 0 Å². The van der Waals surface area contributed by atoms with Crippen molar-refractivity contribution in [1.82, 2.24) is 0 Å². The van der Waals surface area contributed by atoms with Gasteiger partial charge in [-0.05, 0) is 42.3 Å². The van der Waals surface area contributed by atoms with Crippen LogP contribution in [-0.4, -0.2) is 18.9 Å². The summed E-state index contributed by atoms with van der Waals surface area (Å²) in [6, 6.07) is 24.3. The van der Waals surface area contributed by atoms with Crippen LogP contribution in [-0.2, 0) is 9.53 Å². The Morgan fingerprint density at radius 2 is 1.81 bits per heavy atom. The minimum atomic E-state index is -1.56. The van der Waals surface area contributed by atoms with E-state index in [-0.39, 0.29) is 12.2 Å². The van der Waals surface area contributed by atoms with E-state index in [4.69, 9.17) is 9.47 Å². The predicted molar refractivity (Wildman–Crippen MR) is 123 cm³/mol. The van der Waals surface area contributed by atoms with Crippen LogP contribution in [0.3, 0.4) is 0 Å². The monoisotopic (exact) mass is 424 g/mol. The van der Waals surface area contributed by atoms with Crippen LogP contribution in [0.4, 0.5) is 0 Å². The average molecular weight is 424 g/mol. The average Bonchev–Trinajstić information content (AvgIpc) is 2.83. The topological polar surface area (TPSA) is 52.6 Å². The van der Waals surface area contributed by atoms with Crippen LogP contribution in [0.5, 0.6) is 5.75 Å². The number of Topliss-reactive ketones (excluding diaryl/α,β-unsaturated/α-hetero) is 1. The lowest BCUT2D eigenvalue weighted by Gasteiger charge is -2.40. The third-order valence-electron chi connectivity index (χ3n) is 5.72. The predicted octanol–water partition coefficient (Wildman–Crippen LogP) is 5.73. The Morgan fingerprint density at radius 1 is 1.06 bits per heavy atom. The van der Waals surface area contributed by atoms with Crippen molar-refractivity contribution in [3.05, 3.63) is 113 Å². The molecule has 0 saturated carbocycles. The highest BCUT2D eigenvalue weighted by Gasteiger charge is 2.57. The summed E-state index contributed by atoms with van der Waals surface area (Å²) < 4.78 is 11.4. The third kappa shape index (κ3) is 3.89. The van der Waals surface area contributed by atoms with Crippen LogP contribution in [0.2, 0.25) is 0 Å². The number of hydrogen-bond acceptors (Lipinski definition) is 4. The summed E-state index contributed by atoms with van der Waals surface area (Å²) in [4.78, 5) is 27.0. The Morgan fingerprint density at radius 3 is 2.56 bits per heavy atom. The van der Waals surface area contributed by atoms with Gasteiger partial charge in [0.25, 0.3) is 0 Å². The number of fused-ring (bicyclic) bond motifs is 1. The number of rotatable bonds is 5. The van der Waals surface area contributed by atoms with Crippen molar-refractivity contribution in [3.63, 3.8) is 0 Å². The molecule has 0 aliphatic carbocycles. The van der Waals surface area contributed by atoms with E-state index in [1.165, 1.54) is 7.11 Å². The lowest BCUT2D eigenvalue weighted by molar-refractivity contribution is -0.155. The largest absolute Gasteiger partial charge is 0.483 e. The van der Waals surface area contributed by atoms with E-state index >= 15 is 0 Å². The second kappa shape index (κ2) is 9.09. The highest BCUT2D eigenvalue weighted by molar-refractivity contribution is 6.15. The van der Waals surface area contributed by atoms with E-state index < -0.39 is 17.5 Å². The number of allylic oxidation sites excluding steroid dienone is 1. The van der Waals surface area contributed by atoms with Gasteiger partial charge in [0.1, 0.15) is 11.9 Å². The van der Waals surface area contributed by atoms with Crippen LogP contribution >= 0.6 is 0 Å². The van der Waals surface area contributed by atoms with Gasteiger partial charge in [0, 0.05) is 6.42 Å². The van der Waals surface area contributed by atoms with Crippen LogP contribution in [0.25, 0.3) is 6.08 Å². The van der Waals surface area contributed by atoms with Gasteiger partial charge in [-0.2, -0.15) is 0 Å². The summed E-state index contributed by atoms with van der Waals surface area (Å²) in [5, 5.41) is 0. The van der Waals surface area contributed by atoms with Crippen molar-refractivity contribution >= 4 is 17.8 Å². The number of carbonyl (C=O) groups excluding carboxylic acids is 2. The molecule has 0 saturated heterocycles. The molecule has 0 aromatic heterocycles. The molecular weight excluding hydrogens is 400 g/mol. The third-order valence-corrected chi connectivity index (χ3v) is 5.72. The SMILES string of the molecule is COC(=O)C1(CC=C=Cc2cccc(C)c2)C(=O)c2ccccc2OC1c1ccccc1. The van der Waals surface area contributed by atoms with Crippen molar-refractivity contribution in [2.75, 3.05) is 7.11 Å². The van der Waals surface area contributed by atoms with Gasteiger partial charge in [-0.15, -0.1) is 5.73 Å². The fraction of sp³-hybridized carbons (Fsp3) is 0.179. The molecule has 1 aliphatic heterocycles. The first-order chi connectivity index (χ1) is 15.6. The number of ether oxygens (including phenoxy) is 2. The number of ketones is 1. The molecular formula is C28H24O4. The number of aryl methyl sites for hydroxylation is 1. The molecule has 2 unspecified atom stereocenters. The van der Waals surface area contributed by atoms with E-state index in [2.05, 4.69) is 5.73 Å². The van der Waals surface area contributed by atoms with Crippen molar-refractivity contribution < 1.29 is 19.1 Å². The molecule has 0 spiro atoms.